The number of nitro benzene ring substituents is 1. The summed E-state index contributed by atoms with van der Waals surface area (Å²) in [5.74, 6) is -1.31. The molecule has 0 saturated heterocycles. The highest BCUT2D eigenvalue weighted by molar-refractivity contribution is 6.30. The first kappa shape index (κ1) is 14.9. The molecule has 7 heteroatoms. The molecule has 0 aliphatic carbocycles. The lowest BCUT2D eigenvalue weighted by atomic mass is 10.1. The van der Waals surface area contributed by atoms with E-state index < -0.39 is 16.4 Å². The van der Waals surface area contributed by atoms with E-state index in [2.05, 4.69) is 5.32 Å². The fraction of sp³-hybridized carbons (Fsp3) is 0.0714. The number of benzene rings is 2. The highest BCUT2D eigenvalue weighted by atomic mass is 35.5. The highest BCUT2D eigenvalue weighted by Gasteiger charge is 2.15. The number of nitrogens with zero attached hydrogens (tertiary/aromatic N) is 1. The van der Waals surface area contributed by atoms with Gasteiger partial charge in [0.25, 0.3) is 0 Å². The maximum absolute atomic E-state index is 13.2. The molecule has 0 heterocycles. The maximum Gasteiger partial charge on any atom is 0.306 e. The van der Waals surface area contributed by atoms with E-state index in [1.165, 1.54) is 6.07 Å². The van der Waals surface area contributed by atoms with Crippen LogP contribution in [0.25, 0.3) is 0 Å². The molecular formula is C14H10ClFN2O3. The van der Waals surface area contributed by atoms with Crippen molar-refractivity contribution in [1.29, 1.82) is 0 Å². The van der Waals surface area contributed by atoms with Gasteiger partial charge >= 0.3 is 5.69 Å². The van der Waals surface area contributed by atoms with Gasteiger partial charge in [0.05, 0.1) is 11.3 Å². The molecule has 5 nitrogen and oxygen atoms in total. The predicted octanol–water partition coefficient (Wildman–Crippen LogP) is 3.57. The monoisotopic (exact) mass is 308 g/mol. The van der Waals surface area contributed by atoms with Gasteiger partial charge in [-0.25, -0.2) is 0 Å². The van der Waals surface area contributed by atoms with Gasteiger partial charge in [-0.15, -0.1) is 0 Å². The smallest absolute Gasteiger partial charge is 0.306 e. The molecule has 0 aromatic heterocycles. The molecule has 0 spiro atoms. The number of halogens is 2. The zero-order chi connectivity index (χ0) is 15.4. The van der Waals surface area contributed by atoms with E-state index in [4.69, 9.17) is 11.6 Å². The van der Waals surface area contributed by atoms with E-state index in [0.29, 0.717) is 5.02 Å². The van der Waals surface area contributed by atoms with Crippen molar-refractivity contribution in [1.82, 2.24) is 0 Å². The summed E-state index contributed by atoms with van der Waals surface area (Å²) in [6, 6.07) is 9.91. The first-order valence-corrected chi connectivity index (χ1v) is 6.32. The molecule has 2 aromatic carbocycles. The Morgan fingerprint density at radius 3 is 2.52 bits per heavy atom. The first-order valence-electron chi connectivity index (χ1n) is 5.94. The second-order valence-corrected chi connectivity index (χ2v) is 4.71. The van der Waals surface area contributed by atoms with Gasteiger partial charge in [-0.2, -0.15) is 4.39 Å². The van der Waals surface area contributed by atoms with Gasteiger partial charge in [0.1, 0.15) is 0 Å². The third-order valence-electron chi connectivity index (χ3n) is 2.70. The Labute approximate surface area is 124 Å². The van der Waals surface area contributed by atoms with Crippen LogP contribution in [0.5, 0.6) is 0 Å². The Bertz CT molecular complexity index is 689. The van der Waals surface area contributed by atoms with E-state index in [0.717, 1.165) is 17.7 Å². The van der Waals surface area contributed by atoms with Gasteiger partial charge < -0.3 is 5.32 Å². The Balaban J connectivity index is 2.07. The molecule has 0 unspecified atom stereocenters. The summed E-state index contributed by atoms with van der Waals surface area (Å²) in [6.07, 6.45) is 0.0857. The van der Waals surface area contributed by atoms with Gasteiger partial charge in [-0.1, -0.05) is 23.7 Å². The van der Waals surface area contributed by atoms with Crippen molar-refractivity contribution in [2.75, 3.05) is 5.32 Å². The van der Waals surface area contributed by atoms with Crippen LogP contribution in [0.2, 0.25) is 5.02 Å². The number of carbonyl (C=O) groups excluding carboxylic acids is 1. The molecule has 0 radical (unpaired) electrons. The number of nitro groups is 1. The summed E-state index contributed by atoms with van der Waals surface area (Å²) in [5.41, 5.74) is 0.231. The van der Waals surface area contributed by atoms with Crippen LogP contribution < -0.4 is 5.32 Å². The number of hydrogen-bond acceptors (Lipinski definition) is 3. The molecule has 0 atom stereocenters. The molecular weight excluding hydrogens is 299 g/mol. The van der Waals surface area contributed by atoms with E-state index >= 15 is 0 Å². The van der Waals surface area contributed by atoms with Gasteiger partial charge in [-0.05, 0) is 29.8 Å². The predicted molar refractivity (Wildman–Crippen MR) is 76.8 cm³/mol. The topological polar surface area (TPSA) is 72.2 Å². The van der Waals surface area contributed by atoms with Gasteiger partial charge in [0.2, 0.25) is 11.7 Å². The first-order chi connectivity index (χ1) is 9.95. The van der Waals surface area contributed by atoms with Gasteiger partial charge in [-0.3, -0.25) is 14.9 Å². The summed E-state index contributed by atoms with van der Waals surface area (Å²) in [4.78, 5) is 21.6. The largest absolute Gasteiger partial charge is 0.326 e. The lowest BCUT2D eigenvalue weighted by Crippen LogP contribution is -2.14. The number of nitrogens with one attached hydrogen (secondary N) is 1. The van der Waals surface area contributed by atoms with E-state index in [9.17, 15) is 19.3 Å². The Hall–Kier alpha value is -2.47. The summed E-state index contributed by atoms with van der Waals surface area (Å²) in [5, 5.41) is 13.7. The Morgan fingerprint density at radius 2 is 1.90 bits per heavy atom. The molecule has 1 N–H and O–H groups in total. The lowest BCUT2D eigenvalue weighted by molar-refractivity contribution is -0.387. The molecule has 2 aromatic rings. The van der Waals surface area contributed by atoms with E-state index in [-0.39, 0.29) is 18.0 Å². The maximum atomic E-state index is 13.2. The van der Waals surface area contributed by atoms with Crippen molar-refractivity contribution in [2.45, 2.75) is 6.42 Å². The van der Waals surface area contributed by atoms with Crippen molar-refractivity contribution < 1.29 is 14.1 Å². The average molecular weight is 309 g/mol. The van der Waals surface area contributed by atoms with Crippen molar-refractivity contribution >= 4 is 28.9 Å². The van der Waals surface area contributed by atoms with E-state index in [1.54, 1.807) is 24.3 Å². The standard InChI is InChI=1S/C14H10ClFN2O3/c15-10-3-1-9(2-4-10)7-14(19)17-11-5-6-12(16)13(8-11)18(20)21/h1-6,8H,7H2,(H,17,19). The van der Waals surface area contributed by atoms with Crippen LogP contribution >= 0.6 is 11.6 Å². The van der Waals surface area contributed by atoms with Crippen LogP contribution in [0, 0.1) is 15.9 Å². The number of amides is 1. The molecule has 0 aliphatic rings. The number of rotatable bonds is 4. The summed E-state index contributed by atoms with van der Waals surface area (Å²) >= 11 is 5.74. The van der Waals surface area contributed by atoms with Crippen LogP contribution in [0.15, 0.2) is 42.5 Å². The minimum Gasteiger partial charge on any atom is -0.326 e. The van der Waals surface area contributed by atoms with Crippen molar-refractivity contribution in [3.8, 4) is 0 Å². The number of anilines is 1. The van der Waals surface area contributed by atoms with Gasteiger partial charge in [0, 0.05) is 16.8 Å². The fourth-order valence-corrected chi connectivity index (χ4v) is 1.85. The minimum absolute atomic E-state index is 0.0857. The summed E-state index contributed by atoms with van der Waals surface area (Å²) in [7, 11) is 0. The minimum atomic E-state index is -0.948. The average Bonchev–Trinajstić information content (AvgIpc) is 2.43. The van der Waals surface area contributed by atoms with Crippen LogP contribution in [-0.2, 0) is 11.2 Å². The van der Waals surface area contributed by atoms with Crippen molar-refractivity contribution in [3.63, 3.8) is 0 Å². The molecule has 108 valence electrons. The lowest BCUT2D eigenvalue weighted by Gasteiger charge is -2.05. The molecule has 1 amide bonds. The van der Waals surface area contributed by atoms with Crippen LogP contribution in [-0.4, -0.2) is 10.8 Å². The fourth-order valence-electron chi connectivity index (χ4n) is 1.72. The molecule has 0 saturated carbocycles. The Morgan fingerprint density at radius 1 is 1.24 bits per heavy atom. The van der Waals surface area contributed by atoms with Crippen LogP contribution in [0.4, 0.5) is 15.8 Å². The third kappa shape index (κ3) is 4.00. The molecule has 2 rings (SSSR count). The number of hydrogen-bond donors (Lipinski definition) is 1. The summed E-state index contributed by atoms with van der Waals surface area (Å²) < 4.78 is 13.2. The van der Waals surface area contributed by atoms with Crippen LogP contribution in [0.1, 0.15) is 5.56 Å². The zero-order valence-electron chi connectivity index (χ0n) is 10.7. The number of carbonyl (C=O) groups is 1. The third-order valence-corrected chi connectivity index (χ3v) is 2.96. The van der Waals surface area contributed by atoms with E-state index in [1.807, 2.05) is 0 Å². The highest BCUT2D eigenvalue weighted by Crippen LogP contribution is 2.21. The molecule has 21 heavy (non-hydrogen) atoms. The SMILES string of the molecule is O=C(Cc1ccc(Cl)cc1)Nc1ccc(F)c([N+](=O)[O-])c1. The molecule has 0 fully saturated rings. The normalized spacial score (nSPS) is 10.2. The van der Waals surface area contributed by atoms with Crippen LogP contribution in [0.3, 0.4) is 0 Å². The second-order valence-electron chi connectivity index (χ2n) is 4.27. The summed E-state index contributed by atoms with van der Waals surface area (Å²) in [6.45, 7) is 0. The Kier molecular flexibility index (Phi) is 4.49. The van der Waals surface area contributed by atoms with Crippen molar-refractivity contribution in [2.24, 2.45) is 0 Å². The quantitative estimate of drug-likeness (QED) is 0.693. The second kappa shape index (κ2) is 6.32. The van der Waals surface area contributed by atoms with Crippen molar-refractivity contribution in [3.05, 3.63) is 69.0 Å². The molecule has 0 aliphatic heterocycles. The zero-order valence-corrected chi connectivity index (χ0v) is 11.4. The molecule has 0 bridgehead atoms. The van der Waals surface area contributed by atoms with Gasteiger partial charge in [0.15, 0.2) is 0 Å².